The summed E-state index contributed by atoms with van der Waals surface area (Å²) in [5.41, 5.74) is 0.414. The summed E-state index contributed by atoms with van der Waals surface area (Å²) in [6.45, 7) is 19.4. The monoisotopic (exact) mass is 298 g/mol. The summed E-state index contributed by atoms with van der Waals surface area (Å²) in [5.74, 6) is 1.48. The van der Waals surface area contributed by atoms with Gasteiger partial charge in [-0.05, 0) is 43.1 Å². The molecule has 1 fully saturated rings. The summed E-state index contributed by atoms with van der Waals surface area (Å²) in [4.78, 5) is 2.70. The van der Waals surface area contributed by atoms with E-state index in [1.807, 2.05) is 0 Å². The first-order valence-electron chi connectivity index (χ1n) is 8.98. The first-order chi connectivity index (χ1) is 9.97. The first-order valence-corrected chi connectivity index (χ1v) is 8.98. The molecule has 0 atom stereocenters. The molecular weight excluding hydrogens is 260 g/mol. The van der Waals surface area contributed by atoms with Gasteiger partial charge in [0.2, 0.25) is 0 Å². The Morgan fingerprint density at radius 3 is 2.10 bits per heavy atom. The lowest BCUT2D eigenvalue weighted by atomic mass is 9.79. The number of rotatable bonds is 10. The lowest BCUT2D eigenvalue weighted by molar-refractivity contribution is -0.00769. The molecule has 1 heterocycles. The van der Waals surface area contributed by atoms with E-state index in [1.165, 1.54) is 38.9 Å². The van der Waals surface area contributed by atoms with Gasteiger partial charge in [-0.15, -0.1) is 0 Å². The highest BCUT2D eigenvalue weighted by Crippen LogP contribution is 2.31. The highest BCUT2D eigenvalue weighted by Gasteiger charge is 2.34. The zero-order valence-electron chi connectivity index (χ0n) is 15.1. The van der Waals surface area contributed by atoms with Crippen molar-refractivity contribution in [3.05, 3.63) is 0 Å². The van der Waals surface area contributed by atoms with Crippen molar-refractivity contribution in [1.29, 1.82) is 0 Å². The molecule has 0 unspecified atom stereocenters. The molecule has 1 N–H and O–H groups in total. The molecule has 0 spiro atoms. The van der Waals surface area contributed by atoms with Gasteiger partial charge in [0.15, 0.2) is 0 Å². The van der Waals surface area contributed by atoms with Gasteiger partial charge in [-0.2, -0.15) is 0 Å². The Bertz CT molecular complexity index is 250. The average molecular weight is 299 g/mol. The van der Waals surface area contributed by atoms with Crippen LogP contribution >= 0.6 is 0 Å². The molecule has 0 saturated carbocycles. The molecular formula is C18H38N2O. The van der Waals surface area contributed by atoms with Crippen LogP contribution in [0.2, 0.25) is 0 Å². The van der Waals surface area contributed by atoms with Crippen LogP contribution in [0.25, 0.3) is 0 Å². The van der Waals surface area contributed by atoms with Gasteiger partial charge >= 0.3 is 0 Å². The minimum atomic E-state index is 0.414. The highest BCUT2D eigenvalue weighted by atomic mass is 16.5. The predicted octanol–water partition coefficient (Wildman–Crippen LogP) is 3.40. The zero-order valence-corrected chi connectivity index (χ0v) is 15.1. The fourth-order valence-corrected chi connectivity index (χ4v) is 3.44. The van der Waals surface area contributed by atoms with Crippen molar-refractivity contribution in [2.24, 2.45) is 17.3 Å². The molecule has 126 valence electrons. The molecule has 1 saturated heterocycles. The molecule has 1 rings (SSSR count). The van der Waals surface area contributed by atoms with Crippen molar-refractivity contribution < 1.29 is 4.74 Å². The third kappa shape index (κ3) is 7.62. The summed E-state index contributed by atoms with van der Waals surface area (Å²) in [6.07, 6.45) is 3.63. The van der Waals surface area contributed by atoms with Crippen LogP contribution in [0.5, 0.6) is 0 Å². The van der Waals surface area contributed by atoms with Gasteiger partial charge in [0.1, 0.15) is 0 Å². The second kappa shape index (κ2) is 9.81. The minimum absolute atomic E-state index is 0.414. The van der Waals surface area contributed by atoms with E-state index in [-0.39, 0.29) is 0 Å². The second-order valence-electron chi connectivity index (χ2n) is 7.77. The summed E-state index contributed by atoms with van der Waals surface area (Å²) in [7, 11) is 0. The van der Waals surface area contributed by atoms with Crippen molar-refractivity contribution in [1.82, 2.24) is 10.2 Å². The fraction of sp³-hybridized carbons (Fsp3) is 1.00. The minimum Gasteiger partial charge on any atom is -0.381 e. The van der Waals surface area contributed by atoms with E-state index in [1.54, 1.807) is 0 Å². The van der Waals surface area contributed by atoms with Crippen molar-refractivity contribution in [3.8, 4) is 0 Å². The summed E-state index contributed by atoms with van der Waals surface area (Å²) >= 11 is 0. The Balaban J connectivity index is 2.65. The lowest BCUT2D eigenvalue weighted by Gasteiger charge is -2.42. The van der Waals surface area contributed by atoms with Crippen LogP contribution in [0, 0.1) is 17.3 Å². The topological polar surface area (TPSA) is 24.5 Å². The molecule has 0 aliphatic carbocycles. The van der Waals surface area contributed by atoms with Gasteiger partial charge in [-0.25, -0.2) is 0 Å². The standard InChI is InChI=1S/C18H38N2O/c1-6-9-19-14-18(7-10-21-11-8-18)15-20(12-16(2)3)13-17(4)5/h16-17,19H,6-15H2,1-5H3. The maximum atomic E-state index is 5.63. The Labute approximate surface area is 132 Å². The highest BCUT2D eigenvalue weighted by molar-refractivity contribution is 4.87. The largest absolute Gasteiger partial charge is 0.381 e. The molecule has 3 heteroatoms. The third-order valence-electron chi connectivity index (χ3n) is 4.29. The van der Waals surface area contributed by atoms with Gasteiger partial charge in [0.05, 0.1) is 0 Å². The number of ether oxygens (including phenoxy) is 1. The number of nitrogens with one attached hydrogen (secondary N) is 1. The molecule has 3 nitrogen and oxygen atoms in total. The predicted molar refractivity (Wildman–Crippen MR) is 91.8 cm³/mol. The van der Waals surface area contributed by atoms with Crippen molar-refractivity contribution in [2.75, 3.05) is 45.9 Å². The molecule has 1 aliphatic rings. The SMILES string of the molecule is CCCNCC1(CN(CC(C)C)CC(C)C)CCOCC1. The summed E-state index contributed by atoms with van der Waals surface area (Å²) in [6, 6.07) is 0. The molecule has 0 amide bonds. The molecule has 0 radical (unpaired) electrons. The Hall–Kier alpha value is -0.120. The van der Waals surface area contributed by atoms with Crippen LogP contribution in [-0.2, 0) is 4.74 Å². The fourth-order valence-electron chi connectivity index (χ4n) is 3.44. The van der Waals surface area contributed by atoms with Crippen molar-refractivity contribution >= 4 is 0 Å². The average Bonchev–Trinajstić information content (AvgIpc) is 2.38. The van der Waals surface area contributed by atoms with Crippen LogP contribution in [0.4, 0.5) is 0 Å². The molecule has 0 bridgehead atoms. The first kappa shape index (κ1) is 18.9. The van der Waals surface area contributed by atoms with E-state index >= 15 is 0 Å². The maximum absolute atomic E-state index is 5.63. The van der Waals surface area contributed by atoms with E-state index in [4.69, 9.17) is 4.74 Å². The van der Waals surface area contributed by atoms with Crippen LogP contribution in [-0.4, -0.2) is 50.8 Å². The maximum Gasteiger partial charge on any atom is 0.0472 e. The molecule has 1 aliphatic heterocycles. The number of hydrogen-bond donors (Lipinski definition) is 1. The Morgan fingerprint density at radius 2 is 1.62 bits per heavy atom. The van der Waals surface area contributed by atoms with Gasteiger partial charge in [0, 0.05) is 39.4 Å². The Morgan fingerprint density at radius 1 is 1.05 bits per heavy atom. The lowest BCUT2D eigenvalue weighted by Crippen LogP contribution is -2.49. The zero-order chi connectivity index (χ0) is 15.7. The third-order valence-corrected chi connectivity index (χ3v) is 4.29. The second-order valence-corrected chi connectivity index (χ2v) is 7.77. The van der Waals surface area contributed by atoms with E-state index in [0.717, 1.165) is 38.1 Å². The van der Waals surface area contributed by atoms with Crippen molar-refractivity contribution in [3.63, 3.8) is 0 Å². The number of hydrogen-bond acceptors (Lipinski definition) is 3. The van der Waals surface area contributed by atoms with Crippen molar-refractivity contribution in [2.45, 2.75) is 53.9 Å². The molecule has 0 aromatic carbocycles. The normalized spacial score (nSPS) is 18.9. The molecule has 21 heavy (non-hydrogen) atoms. The van der Waals surface area contributed by atoms with Gasteiger partial charge < -0.3 is 15.0 Å². The van der Waals surface area contributed by atoms with Crippen LogP contribution in [0.3, 0.4) is 0 Å². The van der Waals surface area contributed by atoms with E-state index in [0.29, 0.717) is 5.41 Å². The molecule has 0 aromatic rings. The molecule has 0 aromatic heterocycles. The summed E-state index contributed by atoms with van der Waals surface area (Å²) < 4.78 is 5.63. The quantitative estimate of drug-likeness (QED) is 0.626. The summed E-state index contributed by atoms with van der Waals surface area (Å²) in [5, 5.41) is 3.68. The number of nitrogens with zero attached hydrogens (tertiary/aromatic N) is 1. The van der Waals surface area contributed by atoms with E-state index in [2.05, 4.69) is 44.8 Å². The van der Waals surface area contributed by atoms with Gasteiger partial charge in [0.25, 0.3) is 0 Å². The van der Waals surface area contributed by atoms with Gasteiger partial charge in [-0.3, -0.25) is 0 Å². The smallest absolute Gasteiger partial charge is 0.0472 e. The van der Waals surface area contributed by atoms with E-state index < -0.39 is 0 Å². The van der Waals surface area contributed by atoms with E-state index in [9.17, 15) is 0 Å². The van der Waals surface area contributed by atoms with Gasteiger partial charge in [-0.1, -0.05) is 34.6 Å². The van der Waals surface area contributed by atoms with Crippen LogP contribution in [0.15, 0.2) is 0 Å². The van der Waals surface area contributed by atoms with Crippen LogP contribution < -0.4 is 5.32 Å². The Kier molecular flexibility index (Phi) is 8.84. The van der Waals surface area contributed by atoms with Crippen LogP contribution in [0.1, 0.15) is 53.9 Å².